The zero-order valence-electron chi connectivity index (χ0n) is 4.61. The van der Waals surface area contributed by atoms with E-state index in [1.54, 1.807) is 0 Å². The van der Waals surface area contributed by atoms with Crippen LogP contribution in [0, 0.1) is 0 Å². The summed E-state index contributed by atoms with van der Waals surface area (Å²) in [6, 6.07) is 0.171. The van der Waals surface area contributed by atoms with Crippen LogP contribution in [-0.2, 0) is 0 Å². The Bertz CT molecular complexity index is 47.0. The van der Waals surface area contributed by atoms with Crippen LogP contribution >= 0.6 is 15.9 Å². The Morgan fingerprint density at radius 3 is 2.14 bits per heavy atom. The molecule has 44 valence electrons. The smallest absolute Gasteiger partial charge is 0.0778 e. The third-order valence-corrected chi connectivity index (χ3v) is 2.03. The predicted octanol–water partition coefficient (Wildman–Crippen LogP) is 0.274. The first-order chi connectivity index (χ1) is 3.18. The summed E-state index contributed by atoms with van der Waals surface area (Å²) >= 11 is 3.30. The molecule has 0 aliphatic heterocycles. The number of rotatable bonds is 2. The van der Waals surface area contributed by atoms with Crippen molar-refractivity contribution in [2.45, 2.75) is 17.9 Å². The lowest BCUT2D eigenvalue weighted by molar-refractivity contribution is 0.631. The molecule has 1 unspecified atom stereocenters. The summed E-state index contributed by atoms with van der Waals surface area (Å²) < 4.78 is 0. The summed E-state index contributed by atoms with van der Waals surface area (Å²) in [6.45, 7) is 1.94. The van der Waals surface area contributed by atoms with Gasteiger partial charge in [0.2, 0.25) is 0 Å². The predicted molar refractivity (Wildman–Crippen MR) is 35.4 cm³/mol. The second-order valence-electron chi connectivity index (χ2n) is 1.55. The molecular weight excluding hydrogens is 156 g/mol. The molecule has 0 saturated heterocycles. The van der Waals surface area contributed by atoms with E-state index < -0.39 is 0 Å². The van der Waals surface area contributed by atoms with Crippen molar-refractivity contribution < 1.29 is 0 Å². The third kappa shape index (κ3) is 3.02. The van der Waals surface area contributed by atoms with Crippen LogP contribution in [0.15, 0.2) is 0 Å². The van der Waals surface area contributed by atoms with E-state index in [4.69, 9.17) is 5.73 Å². The zero-order valence-corrected chi connectivity index (χ0v) is 6.20. The van der Waals surface area contributed by atoms with E-state index in [0.717, 1.165) is 0 Å². The Morgan fingerprint density at radius 1 is 1.71 bits per heavy atom. The molecule has 0 bridgehead atoms. The summed E-state index contributed by atoms with van der Waals surface area (Å²) in [5.74, 6) is 0. The van der Waals surface area contributed by atoms with Crippen molar-refractivity contribution in [3.63, 3.8) is 0 Å². The number of likely N-dealkylation sites (N-methyl/N-ethyl adjacent to an activating group) is 1. The van der Waals surface area contributed by atoms with E-state index in [0.29, 0.717) is 0 Å². The largest absolute Gasteiger partial charge is 0.326 e. The molecule has 2 atom stereocenters. The molecule has 0 saturated carbocycles. The summed E-state index contributed by atoms with van der Waals surface area (Å²) in [5.41, 5.74) is 5.44. The second-order valence-corrected chi connectivity index (χ2v) is 2.54. The van der Waals surface area contributed by atoms with Crippen LogP contribution in [0.4, 0.5) is 0 Å². The van der Waals surface area contributed by atoms with Gasteiger partial charge < -0.3 is 11.1 Å². The van der Waals surface area contributed by atoms with E-state index in [9.17, 15) is 0 Å². The fraction of sp³-hybridized carbons (Fsp3) is 1.00. The highest BCUT2D eigenvalue weighted by Crippen LogP contribution is 1.95. The van der Waals surface area contributed by atoms with E-state index in [1.807, 2.05) is 14.0 Å². The maximum Gasteiger partial charge on any atom is 0.0778 e. The molecule has 0 heterocycles. The first-order valence-electron chi connectivity index (χ1n) is 2.25. The molecule has 3 N–H and O–H groups in total. The fourth-order valence-corrected chi connectivity index (χ4v) is 0.263. The molecule has 0 fully saturated rings. The molecule has 0 aromatic rings. The van der Waals surface area contributed by atoms with Crippen LogP contribution in [0.1, 0.15) is 6.92 Å². The highest BCUT2D eigenvalue weighted by atomic mass is 79.9. The molecule has 0 radical (unpaired) electrons. The first-order valence-corrected chi connectivity index (χ1v) is 3.17. The summed E-state index contributed by atoms with van der Waals surface area (Å²) in [5, 5.41) is 2.96. The van der Waals surface area contributed by atoms with Gasteiger partial charge in [-0.05, 0) is 14.0 Å². The Kier molecular flexibility index (Phi) is 3.60. The van der Waals surface area contributed by atoms with Crippen molar-refractivity contribution in [1.29, 1.82) is 0 Å². The normalized spacial score (nSPS) is 18.9. The number of nitrogens with two attached hydrogens (primary N) is 1. The fourth-order valence-electron chi connectivity index (χ4n) is 0.263. The Labute approximate surface area is 52.6 Å². The Morgan fingerprint density at radius 2 is 2.14 bits per heavy atom. The number of nitrogens with one attached hydrogen (secondary N) is 1. The van der Waals surface area contributed by atoms with Crippen LogP contribution < -0.4 is 11.1 Å². The Hall–Kier alpha value is 0.400. The van der Waals surface area contributed by atoms with Gasteiger partial charge in [0.05, 0.1) is 4.95 Å². The van der Waals surface area contributed by atoms with Gasteiger partial charge in [-0.25, -0.2) is 0 Å². The van der Waals surface area contributed by atoms with E-state index >= 15 is 0 Å². The van der Waals surface area contributed by atoms with Crippen LogP contribution in [0.2, 0.25) is 0 Å². The van der Waals surface area contributed by atoms with Gasteiger partial charge in [0.15, 0.2) is 0 Å². The van der Waals surface area contributed by atoms with Crippen LogP contribution in [0.5, 0.6) is 0 Å². The van der Waals surface area contributed by atoms with E-state index in [1.165, 1.54) is 0 Å². The molecule has 0 aromatic heterocycles. The molecule has 0 aliphatic rings. The number of halogens is 1. The van der Waals surface area contributed by atoms with Crippen molar-refractivity contribution in [2.75, 3.05) is 7.05 Å². The highest BCUT2D eigenvalue weighted by molar-refractivity contribution is 9.09. The van der Waals surface area contributed by atoms with Gasteiger partial charge in [0.1, 0.15) is 0 Å². The molecule has 2 nitrogen and oxygen atoms in total. The van der Waals surface area contributed by atoms with Gasteiger partial charge >= 0.3 is 0 Å². The van der Waals surface area contributed by atoms with Crippen LogP contribution in [0.25, 0.3) is 0 Å². The van der Waals surface area contributed by atoms with Crippen molar-refractivity contribution in [2.24, 2.45) is 5.73 Å². The topological polar surface area (TPSA) is 38.0 Å². The zero-order chi connectivity index (χ0) is 5.86. The van der Waals surface area contributed by atoms with E-state index in [2.05, 4.69) is 21.2 Å². The molecule has 7 heavy (non-hydrogen) atoms. The lowest BCUT2D eigenvalue weighted by Crippen LogP contribution is -2.36. The molecule has 0 spiro atoms. The summed E-state index contributed by atoms with van der Waals surface area (Å²) in [4.78, 5) is 0.243. The van der Waals surface area contributed by atoms with Gasteiger partial charge in [-0.3, -0.25) is 0 Å². The standard InChI is InChI=1S/C4H11BrN2/c1-3(6)4(5)7-2/h3-4,7H,6H2,1-2H3/t3-,4?/m0/s1. The maximum atomic E-state index is 5.44. The van der Waals surface area contributed by atoms with Crippen LogP contribution in [0.3, 0.4) is 0 Å². The highest BCUT2D eigenvalue weighted by Gasteiger charge is 2.02. The van der Waals surface area contributed by atoms with Crippen molar-refractivity contribution in [3.8, 4) is 0 Å². The molecule has 0 aliphatic carbocycles. The van der Waals surface area contributed by atoms with Crippen LogP contribution in [-0.4, -0.2) is 18.0 Å². The lowest BCUT2D eigenvalue weighted by Gasteiger charge is -2.10. The van der Waals surface area contributed by atoms with Gasteiger partial charge in [0.25, 0.3) is 0 Å². The van der Waals surface area contributed by atoms with Gasteiger partial charge in [0, 0.05) is 6.04 Å². The number of hydrogen-bond acceptors (Lipinski definition) is 2. The van der Waals surface area contributed by atoms with Crippen molar-refractivity contribution >= 4 is 15.9 Å². The van der Waals surface area contributed by atoms with Gasteiger partial charge in [-0.2, -0.15) is 0 Å². The molecule has 0 amide bonds. The molecule has 0 rings (SSSR count). The maximum absolute atomic E-state index is 5.44. The molecule has 0 aromatic carbocycles. The summed E-state index contributed by atoms with van der Waals surface area (Å²) in [6.07, 6.45) is 0. The lowest BCUT2D eigenvalue weighted by atomic mass is 10.4. The molecular formula is C4H11BrN2. The van der Waals surface area contributed by atoms with Crippen molar-refractivity contribution in [3.05, 3.63) is 0 Å². The Balaban J connectivity index is 3.14. The van der Waals surface area contributed by atoms with Crippen molar-refractivity contribution in [1.82, 2.24) is 5.32 Å². The molecule has 3 heteroatoms. The van der Waals surface area contributed by atoms with Gasteiger partial charge in [-0.15, -0.1) is 0 Å². The monoisotopic (exact) mass is 166 g/mol. The first kappa shape index (κ1) is 7.40. The average Bonchev–Trinajstić information content (AvgIpc) is 1.65. The minimum Gasteiger partial charge on any atom is -0.326 e. The third-order valence-electron chi connectivity index (χ3n) is 0.737. The minimum atomic E-state index is 0.171. The number of alkyl halides is 1. The summed E-state index contributed by atoms with van der Waals surface area (Å²) in [7, 11) is 1.86. The number of hydrogen-bond donors (Lipinski definition) is 2. The van der Waals surface area contributed by atoms with Gasteiger partial charge in [-0.1, -0.05) is 15.9 Å². The second kappa shape index (κ2) is 3.41. The SMILES string of the molecule is CNC(Br)[C@H](C)N. The van der Waals surface area contributed by atoms with E-state index in [-0.39, 0.29) is 11.0 Å². The quantitative estimate of drug-likeness (QED) is 0.457. The minimum absolute atomic E-state index is 0.171. The average molecular weight is 167 g/mol.